The van der Waals surface area contributed by atoms with Gasteiger partial charge in [0.05, 0.1) is 0 Å². The lowest BCUT2D eigenvalue weighted by atomic mass is 10.4. The summed E-state index contributed by atoms with van der Waals surface area (Å²) in [7, 11) is 1.67. The Labute approximate surface area is 75.5 Å². The zero-order chi connectivity index (χ0) is 9.42. The van der Waals surface area contributed by atoms with E-state index in [2.05, 4.69) is 5.10 Å². The second-order valence-corrected chi connectivity index (χ2v) is 3.18. The molecule has 0 radical (unpaired) electrons. The van der Waals surface area contributed by atoms with Crippen molar-refractivity contribution in [2.24, 2.45) is 7.05 Å². The monoisotopic (exact) mass is 181 g/mol. The molecule has 0 aromatic carbocycles. The molecule has 2 N–H and O–H groups in total. The number of hydrogen-bond acceptors (Lipinski definition) is 4. The molecule has 0 bridgehead atoms. The largest absolute Gasteiger partial charge is 0.458 e. The lowest BCUT2D eigenvalue weighted by molar-refractivity contribution is 0.0459. The molecule has 0 atom stereocenters. The molecule has 13 heavy (non-hydrogen) atoms. The predicted octanol–water partition coefficient (Wildman–Crippen LogP) is 0.321. The van der Waals surface area contributed by atoms with E-state index in [0.717, 1.165) is 12.8 Å². The minimum absolute atomic E-state index is 0.114. The molecule has 1 aliphatic rings. The van der Waals surface area contributed by atoms with Crippen LogP contribution in [-0.2, 0) is 11.8 Å². The maximum atomic E-state index is 11.4. The molecule has 5 nitrogen and oxygen atoms in total. The van der Waals surface area contributed by atoms with E-state index in [1.165, 1.54) is 10.7 Å². The van der Waals surface area contributed by atoms with Crippen molar-refractivity contribution in [2.75, 3.05) is 5.73 Å². The van der Waals surface area contributed by atoms with Crippen molar-refractivity contribution in [3.8, 4) is 0 Å². The first-order valence-electron chi connectivity index (χ1n) is 4.17. The summed E-state index contributed by atoms with van der Waals surface area (Å²) in [4.78, 5) is 11.4. The van der Waals surface area contributed by atoms with Crippen molar-refractivity contribution < 1.29 is 9.53 Å². The van der Waals surface area contributed by atoms with Gasteiger partial charge in [0, 0.05) is 13.1 Å². The van der Waals surface area contributed by atoms with E-state index in [4.69, 9.17) is 10.5 Å². The maximum absolute atomic E-state index is 11.4. The van der Waals surface area contributed by atoms with Crippen LogP contribution in [0.5, 0.6) is 0 Å². The Hall–Kier alpha value is -1.52. The van der Waals surface area contributed by atoms with E-state index >= 15 is 0 Å². The van der Waals surface area contributed by atoms with Crippen LogP contribution in [0, 0.1) is 0 Å². The van der Waals surface area contributed by atoms with Gasteiger partial charge in [-0.1, -0.05) is 0 Å². The Morgan fingerprint density at radius 3 is 2.92 bits per heavy atom. The Bertz CT molecular complexity index is 341. The number of nitrogens with zero attached hydrogens (tertiary/aromatic N) is 2. The second kappa shape index (κ2) is 2.76. The van der Waals surface area contributed by atoms with Crippen LogP contribution in [0.2, 0.25) is 0 Å². The van der Waals surface area contributed by atoms with Crippen LogP contribution in [-0.4, -0.2) is 21.9 Å². The van der Waals surface area contributed by atoms with Gasteiger partial charge in [0.2, 0.25) is 0 Å². The number of nitrogen functional groups attached to an aromatic ring is 1. The summed E-state index contributed by atoms with van der Waals surface area (Å²) in [6.45, 7) is 0. The third kappa shape index (κ3) is 1.63. The molecule has 0 amide bonds. The number of rotatable bonds is 2. The third-order valence-electron chi connectivity index (χ3n) is 1.91. The number of carbonyl (C=O) groups excluding carboxylic acids is 1. The van der Waals surface area contributed by atoms with Crippen LogP contribution in [0.15, 0.2) is 6.07 Å². The van der Waals surface area contributed by atoms with Crippen LogP contribution in [0.25, 0.3) is 0 Å². The van der Waals surface area contributed by atoms with Gasteiger partial charge in [0.1, 0.15) is 17.6 Å². The molecule has 1 fully saturated rings. The third-order valence-corrected chi connectivity index (χ3v) is 1.91. The molecule has 0 spiro atoms. The maximum Gasteiger partial charge on any atom is 0.356 e. The Morgan fingerprint density at radius 1 is 1.77 bits per heavy atom. The molecule has 1 aromatic rings. The highest BCUT2D eigenvalue weighted by molar-refractivity contribution is 5.88. The van der Waals surface area contributed by atoms with Gasteiger partial charge >= 0.3 is 5.97 Å². The number of esters is 1. The molecule has 0 saturated heterocycles. The van der Waals surface area contributed by atoms with Crippen molar-refractivity contribution in [1.29, 1.82) is 0 Å². The molecule has 1 aliphatic carbocycles. The first-order valence-corrected chi connectivity index (χ1v) is 4.17. The van der Waals surface area contributed by atoms with Crippen molar-refractivity contribution >= 4 is 11.8 Å². The van der Waals surface area contributed by atoms with Crippen molar-refractivity contribution in [3.63, 3.8) is 0 Å². The quantitative estimate of drug-likeness (QED) is 0.667. The molecule has 0 unspecified atom stereocenters. The van der Waals surface area contributed by atoms with Gasteiger partial charge in [-0.05, 0) is 12.8 Å². The standard InChI is InChI=1S/C8H11N3O2/c1-11-6(4-7(9)10-11)8(12)13-5-2-3-5/h4-5H,2-3H2,1H3,(H2,9,10). The first-order chi connectivity index (χ1) is 6.16. The second-order valence-electron chi connectivity index (χ2n) is 3.18. The summed E-state index contributed by atoms with van der Waals surface area (Å²) in [5.41, 5.74) is 5.83. The molecule has 5 heteroatoms. The van der Waals surface area contributed by atoms with E-state index < -0.39 is 0 Å². The molecule has 2 rings (SSSR count). The Balaban J connectivity index is 2.13. The minimum Gasteiger partial charge on any atom is -0.458 e. The van der Waals surface area contributed by atoms with E-state index in [-0.39, 0.29) is 12.1 Å². The number of anilines is 1. The smallest absolute Gasteiger partial charge is 0.356 e. The summed E-state index contributed by atoms with van der Waals surface area (Å²) >= 11 is 0. The highest BCUT2D eigenvalue weighted by Gasteiger charge is 2.27. The topological polar surface area (TPSA) is 70.1 Å². The Kier molecular flexibility index (Phi) is 1.72. The summed E-state index contributed by atoms with van der Waals surface area (Å²) in [6, 6.07) is 1.52. The molecule has 1 saturated carbocycles. The van der Waals surface area contributed by atoms with Gasteiger partial charge < -0.3 is 10.5 Å². The van der Waals surface area contributed by atoms with Crippen LogP contribution < -0.4 is 5.73 Å². The minimum atomic E-state index is -0.339. The zero-order valence-corrected chi connectivity index (χ0v) is 7.36. The molecule has 70 valence electrons. The fourth-order valence-electron chi connectivity index (χ4n) is 1.08. The molecular formula is C8H11N3O2. The van der Waals surface area contributed by atoms with E-state index in [9.17, 15) is 4.79 Å². The summed E-state index contributed by atoms with van der Waals surface area (Å²) in [6.07, 6.45) is 2.06. The SMILES string of the molecule is Cn1nc(N)cc1C(=O)OC1CC1. The number of hydrogen-bond donors (Lipinski definition) is 1. The average molecular weight is 181 g/mol. The van der Waals surface area contributed by atoms with Crippen LogP contribution in [0.3, 0.4) is 0 Å². The zero-order valence-electron chi connectivity index (χ0n) is 7.36. The van der Waals surface area contributed by atoms with Crippen LogP contribution >= 0.6 is 0 Å². The Morgan fingerprint density at radius 2 is 2.46 bits per heavy atom. The fraction of sp³-hybridized carbons (Fsp3) is 0.500. The lowest BCUT2D eigenvalue weighted by Crippen LogP contribution is -2.11. The normalized spacial score (nSPS) is 15.8. The highest BCUT2D eigenvalue weighted by Crippen LogP contribution is 2.24. The number of ether oxygens (including phenoxy) is 1. The molecule has 1 aromatic heterocycles. The number of nitrogens with two attached hydrogens (primary N) is 1. The summed E-state index contributed by atoms with van der Waals surface area (Å²) in [5.74, 6) is -0.000512. The van der Waals surface area contributed by atoms with Gasteiger partial charge in [-0.15, -0.1) is 0 Å². The number of aromatic nitrogens is 2. The van der Waals surface area contributed by atoms with Crippen molar-refractivity contribution in [1.82, 2.24) is 9.78 Å². The van der Waals surface area contributed by atoms with Gasteiger partial charge in [-0.3, -0.25) is 4.68 Å². The van der Waals surface area contributed by atoms with Crippen LogP contribution in [0.1, 0.15) is 23.3 Å². The first kappa shape index (κ1) is 8.10. The molecule has 1 heterocycles. The van der Waals surface area contributed by atoms with Crippen molar-refractivity contribution in [3.05, 3.63) is 11.8 Å². The van der Waals surface area contributed by atoms with Crippen molar-refractivity contribution in [2.45, 2.75) is 18.9 Å². The summed E-state index contributed by atoms with van der Waals surface area (Å²) < 4.78 is 6.52. The highest BCUT2D eigenvalue weighted by atomic mass is 16.5. The van der Waals surface area contributed by atoms with E-state index in [1.807, 2.05) is 0 Å². The van der Waals surface area contributed by atoms with Crippen LogP contribution in [0.4, 0.5) is 5.82 Å². The van der Waals surface area contributed by atoms with E-state index in [0.29, 0.717) is 11.5 Å². The fourth-order valence-corrected chi connectivity index (χ4v) is 1.08. The number of carbonyl (C=O) groups is 1. The summed E-state index contributed by atoms with van der Waals surface area (Å²) in [5, 5.41) is 3.85. The van der Waals surface area contributed by atoms with Gasteiger partial charge in [0.15, 0.2) is 0 Å². The van der Waals surface area contributed by atoms with Gasteiger partial charge in [0.25, 0.3) is 0 Å². The lowest BCUT2D eigenvalue weighted by Gasteiger charge is -2.01. The molecule has 0 aliphatic heterocycles. The average Bonchev–Trinajstić information content (AvgIpc) is 2.77. The van der Waals surface area contributed by atoms with E-state index in [1.54, 1.807) is 7.05 Å². The van der Waals surface area contributed by atoms with Gasteiger partial charge in [-0.25, -0.2) is 4.79 Å². The van der Waals surface area contributed by atoms with Gasteiger partial charge in [-0.2, -0.15) is 5.10 Å². The number of aryl methyl sites for hydroxylation is 1. The predicted molar refractivity (Wildman–Crippen MR) is 46.1 cm³/mol. The molecular weight excluding hydrogens is 170 g/mol.